The summed E-state index contributed by atoms with van der Waals surface area (Å²) in [5.41, 5.74) is 0.640. The Hall–Kier alpha value is -1.59. The maximum Gasteiger partial charge on any atom is 0.267 e. The van der Waals surface area contributed by atoms with Crippen LogP contribution in [0.5, 0.6) is 0 Å². The molecule has 1 aliphatic rings. The van der Waals surface area contributed by atoms with E-state index in [0.29, 0.717) is 11.6 Å². The van der Waals surface area contributed by atoms with Crippen molar-refractivity contribution in [2.24, 2.45) is 5.92 Å². The highest BCUT2D eigenvalue weighted by atomic mass is 32.1. The first-order valence-corrected chi connectivity index (χ1v) is 8.35. The number of amides is 1. The topological polar surface area (TPSA) is 48.1 Å². The van der Waals surface area contributed by atoms with E-state index in [1.54, 1.807) is 12.3 Å². The summed E-state index contributed by atoms with van der Waals surface area (Å²) in [5.74, 6) is 0.549. The van der Waals surface area contributed by atoms with E-state index in [1.807, 2.05) is 17.4 Å². The molecule has 112 valence electrons. The zero-order valence-electron chi connectivity index (χ0n) is 12.0. The van der Waals surface area contributed by atoms with E-state index < -0.39 is 0 Å². The quantitative estimate of drug-likeness (QED) is 0.892. The number of rotatable bonds is 5. The molecule has 5 heteroatoms. The van der Waals surface area contributed by atoms with Crippen LogP contribution in [0, 0.1) is 5.92 Å². The van der Waals surface area contributed by atoms with Gasteiger partial charge in [0, 0.05) is 30.7 Å². The summed E-state index contributed by atoms with van der Waals surface area (Å²) >= 11 is 1.82. The molecular formula is C16H21N3OS. The monoisotopic (exact) mass is 303 g/mol. The fraction of sp³-hybridized carbons (Fsp3) is 0.438. The van der Waals surface area contributed by atoms with Crippen molar-refractivity contribution in [3.63, 3.8) is 0 Å². The molecule has 2 N–H and O–H groups in total. The van der Waals surface area contributed by atoms with Gasteiger partial charge < -0.3 is 10.3 Å². The van der Waals surface area contributed by atoms with Crippen LogP contribution < -0.4 is 5.32 Å². The number of carbonyl (C=O) groups is 1. The van der Waals surface area contributed by atoms with Crippen LogP contribution in [-0.2, 0) is 6.54 Å². The van der Waals surface area contributed by atoms with E-state index >= 15 is 0 Å². The first-order chi connectivity index (χ1) is 10.3. The molecule has 3 heterocycles. The molecule has 1 atom stereocenters. The number of aromatic nitrogens is 1. The van der Waals surface area contributed by atoms with Gasteiger partial charge in [-0.3, -0.25) is 9.69 Å². The Morgan fingerprint density at radius 2 is 2.38 bits per heavy atom. The number of likely N-dealkylation sites (tertiary alicyclic amines) is 1. The molecule has 0 radical (unpaired) electrons. The van der Waals surface area contributed by atoms with Crippen molar-refractivity contribution >= 4 is 17.2 Å². The van der Waals surface area contributed by atoms with E-state index in [1.165, 1.54) is 24.3 Å². The molecule has 1 amide bonds. The van der Waals surface area contributed by atoms with E-state index in [9.17, 15) is 4.79 Å². The van der Waals surface area contributed by atoms with Crippen molar-refractivity contribution < 1.29 is 4.79 Å². The van der Waals surface area contributed by atoms with Gasteiger partial charge in [0.05, 0.1) is 0 Å². The van der Waals surface area contributed by atoms with Crippen LogP contribution in [-0.4, -0.2) is 35.4 Å². The van der Waals surface area contributed by atoms with Gasteiger partial charge in [0.15, 0.2) is 0 Å². The standard InChI is InChI=1S/C16H21N3OS/c20-16(15-6-1-7-17-15)18-10-13-4-2-8-19(11-13)12-14-5-3-9-21-14/h1,3,5-7,9,13,17H,2,4,8,10-12H2,(H,18,20). The highest BCUT2D eigenvalue weighted by Gasteiger charge is 2.21. The number of nitrogens with zero attached hydrogens (tertiary/aromatic N) is 1. The minimum absolute atomic E-state index is 0.00428. The second kappa shape index (κ2) is 6.91. The van der Waals surface area contributed by atoms with E-state index in [0.717, 1.165) is 19.6 Å². The lowest BCUT2D eigenvalue weighted by molar-refractivity contribution is 0.0926. The zero-order valence-corrected chi connectivity index (χ0v) is 12.9. The normalized spacial score (nSPS) is 19.5. The largest absolute Gasteiger partial charge is 0.357 e. The molecule has 0 bridgehead atoms. The molecule has 1 aliphatic heterocycles. The Kier molecular flexibility index (Phi) is 4.72. The maximum atomic E-state index is 11.9. The molecule has 2 aromatic heterocycles. The van der Waals surface area contributed by atoms with Crippen molar-refractivity contribution in [1.29, 1.82) is 0 Å². The first kappa shape index (κ1) is 14.4. The van der Waals surface area contributed by atoms with E-state index in [2.05, 4.69) is 32.7 Å². The van der Waals surface area contributed by atoms with Crippen LogP contribution in [0.4, 0.5) is 0 Å². The van der Waals surface area contributed by atoms with Gasteiger partial charge in [-0.25, -0.2) is 0 Å². The Morgan fingerprint density at radius 3 is 3.14 bits per heavy atom. The third-order valence-corrected chi connectivity index (χ3v) is 4.82. The second-order valence-corrected chi connectivity index (χ2v) is 6.65. The molecule has 3 rings (SSSR count). The van der Waals surface area contributed by atoms with Gasteiger partial charge >= 0.3 is 0 Å². The average Bonchev–Trinajstić information content (AvgIpc) is 3.18. The molecule has 0 spiro atoms. The summed E-state index contributed by atoms with van der Waals surface area (Å²) < 4.78 is 0. The minimum Gasteiger partial charge on any atom is -0.357 e. The number of nitrogens with one attached hydrogen (secondary N) is 2. The summed E-state index contributed by atoms with van der Waals surface area (Å²) in [7, 11) is 0. The van der Waals surface area contributed by atoms with Crippen molar-refractivity contribution in [2.45, 2.75) is 19.4 Å². The van der Waals surface area contributed by atoms with Gasteiger partial charge in [-0.15, -0.1) is 11.3 Å². The Morgan fingerprint density at radius 1 is 1.43 bits per heavy atom. The van der Waals surface area contributed by atoms with Crippen LogP contribution in [0.2, 0.25) is 0 Å². The zero-order chi connectivity index (χ0) is 14.5. The highest BCUT2D eigenvalue weighted by Crippen LogP contribution is 2.20. The maximum absolute atomic E-state index is 11.9. The van der Waals surface area contributed by atoms with Gasteiger partial charge in [0.2, 0.25) is 0 Å². The van der Waals surface area contributed by atoms with Crippen molar-refractivity contribution in [1.82, 2.24) is 15.2 Å². The summed E-state index contributed by atoms with van der Waals surface area (Å²) in [6, 6.07) is 7.96. The number of H-pyrrole nitrogens is 1. The lowest BCUT2D eigenvalue weighted by atomic mass is 9.98. The van der Waals surface area contributed by atoms with Gasteiger partial charge in [0.25, 0.3) is 5.91 Å². The average molecular weight is 303 g/mol. The van der Waals surface area contributed by atoms with Crippen molar-refractivity contribution in [3.8, 4) is 0 Å². The van der Waals surface area contributed by atoms with E-state index in [-0.39, 0.29) is 5.91 Å². The molecule has 0 aromatic carbocycles. The molecule has 0 aliphatic carbocycles. The number of hydrogen-bond donors (Lipinski definition) is 2. The predicted molar refractivity (Wildman–Crippen MR) is 85.4 cm³/mol. The summed E-state index contributed by atoms with van der Waals surface area (Å²) in [6.45, 7) is 4.04. The van der Waals surface area contributed by atoms with Crippen LogP contribution in [0.15, 0.2) is 35.8 Å². The first-order valence-electron chi connectivity index (χ1n) is 7.47. The van der Waals surface area contributed by atoms with Crippen LogP contribution in [0.3, 0.4) is 0 Å². The van der Waals surface area contributed by atoms with Crippen molar-refractivity contribution in [3.05, 3.63) is 46.4 Å². The Bertz CT molecular complexity index is 550. The number of carbonyl (C=O) groups excluding carboxylic acids is 1. The van der Waals surface area contributed by atoms with E-state index in [4.69, 9.17) is 0 Å². The highest BCUT2D eigenvalue weighted by molar-refractivity contribution is 7.09. The van der Waals surface area contributed by atoms with Crippen LogP contribution in [0.25, 0.3) is 0 Å². The molecular weight excluding hydrogens is 282 g/mol. The van der Waals surface area contributed by atoms with Gasteiger partial charge in [0.1, 0.15) is 5.69 Å². The smallest absolute Gasteiger partial charge is 0.267 e. The SMILES string of the molecule is O=C(NCC1CCCN(Cc2cccs2)C1)c1ccc[nH]1. The molecule has 2 aromatic rings. The lowest BCUT2D eigenvalue weighted by Gasteiger charge is -2.32. The molecule has 1 fully saturated rings. The summed E-state index contributed by atoms with van der Waals surface area (Å²) in [5, 5.41) is 5.17. The van der Waals surface area contributed by atoms with Crippen LogP contribution in [0.1, 0.15) is 28.2 Å². The lowest BCUT2D eigenvalue weighted by Crippen LogP contribution is -2.40. The molecule has 0 saturated carbocycles. The number of piperidine rings is 1. The molecule has 4 nitrogen and oxygen atoms in total. The minimum atomic E-state index is -0.00428. The fourth-order valence-corrected chi connectivity index (χ4v) is 3.63. The van der Waals surface area contributed by atoms with Crippen molar-refractivity contribution in [2.75, 3.05) is 19.6 Å². The molecule has 1 saturated heterocycles. The predicted octanol–water partition coefficient (Wildman–Crippen LogP) is 2.72. The third kappa shape index (κ3) is 3.95. The second-order valence-electron chi connectivity index (χ2n) is 5.62. The summed E-state index contributed by atoms with van der Waals surface area (Å²) in [4.78, 5) is 18.8. The number of thiophene rings is 1. The fourth-order valence-electron chi connectivity index (χ4n) is 2.89. The van der Waals surface area contributed by atoms with Gasteiger partial charge in [-0.2, -0.15) is 0 Å². The molecule has 1 unspecified atom stereocenters. The number of hydrogen-bond acceptors (Lipinski definition) is 3. The van der Waals surface area contributed by atoms with Gasteiger partial charge in [-0.1, -0.05) is 6.07 Å². The Labute approximate surface area is 129 Å². The summed E-state index contributed by atoms with van der Waals surface area (Å²) in [6.07, 6.45) is 4.19. The Balaban J connectivity index is 1.46. The number of aromatic amines is 1. The van der Waals surface area contributed by atoms with Gasteiger partial charge in [-0.05, 0) is 48.9 Å². The molecule has 21 heavy (non-hydrogen) atoms. The van der Waals surface area contributed by atoms with Crippen LogP contribution >= 0.6 is 11.3 Å². The third-order valence-electron chi connectivity index (χ3n) is 3.96.